The molecule has 1 saturated heterocycles. The third-order valence-corrected chi connectivity index (χ3v) is 2.73. The summed E-state index contributed by atoms with van der Waals surface area (Å²) in [6.07, 6.45) is 3.86. The standard InChI is InChI=1S/C10H19NO/c1-3-10-4-6-11(7-5-10)8-9(2)12/h10H,3-8H2,1-2H3. The van der Waals surface area contributed by atoms with E-state index >= 15 is 0 Å². The van der Waals surface area contributed by atoms with Gasteiger partial charge in [0.1, 0.15) is 5.78 Å². The van der Waals surface area contributed by atoms with Gasteiger partial charge < -0.3 is 0 Å². The van der Waals surface area contributed by atoms with Gasteiger partial charge in [-0.05, 0) is 38.8 Å². The van der Waals surface area contributed by atoms with Crippen molar-refractivity contribution < 1.29 is 4.79 Å². The highest BCUT2D eigenvalue weighted by Gasteiger charge is 2.17. The molecule has 0 bridgehead atoms. The fraction of sp³-hybridized carbons (Fsp3) is 0.900. The molecule has 0 aromatic rings. The average Bonchev–Trinajstić information content (AvgIpc) is 2.05. The Bertz CT molecular complexity index is 148. The number of piperidine rings is 1. The van der Waals surface area contributed by atoms with Gasteiger partial charge in [-0.15, -0.1) is 0 Å². The number of carbonyl (C=O) groups is 1. The van der Waals surface area contributed by atoms with Crippen molar-refractivity contribution in [3.05, 3.63) is 0 Å². The highest BCUT2D eigenvalue weighted by Crippen LogP contribution is 2.19. The van der Waals surface area contributed by atoms with Crippen LogP contribution in [0.5, 0.6) is 0 Å². The molecule has 0 aliphatic carbocycles. The van der Waals surface area contributed by atoms with E-state index in [1.807, 2.05) is 0 Å². The van der Waals surface area contributed by atoms with Crippen LogP contribution in [0, 0.1) is 5.92 Å². The molecule has 0 saturated carbocycles. The maximum Gasteiger partial charge on any atom is 0.143 e. The topological polar surface area (TPSA) is 20.3 Å². The third kappa shape index (κ3) is 2.94. The Morgan fingerprint density at radius 3 is 2.42 bits per heavy atom. The molecule has 1 aliphatic heterocycles. The summed E-state index contributed by atoms with van der Waals surface area (Å²) in [4.78, 5) is 13.1. The van der Waals surface area contributed by atoms with Crippen LogP contribution in [0.25, 0.3) is 0 Å². The minimum atomic E-state index is 0.296. The van der Waals surface area contributed by atoms with Gasteiger partial charge in [-0.25, -0.2) is 0 Å². The summed E-state index contributed by atoms with van der Waals surface area (Å²) in [5.74, 6) is 1.21. The summed E-state index contributed by atoms with van der Waals surface area (Å²) in [6, 6.07) is 0. The summed E-state index contributed by atoms with van der Waals surface area (Å²) in [7, 11) is 0. The van der Waals surface area contributed by atoms with E-state index in [1.165, 1.54) is 19.3 Å². The summed E-state index contributed by atoms with van der Waals surface area (Å²) in [5, 5.41) is 0. The number of carbonyl (C=O) groups excluding carboxylic acids is 1. The van der Waals surface area contributed by atoms with E-state index < -0.39 is 0 Å². The molecule has 0 radical (unpaired) electrons. The van der Waals surface area contributed by atoms with Crippen LogP contribution in [0.4, 0.5) is 0 Å². The molecule has 0 spiro atoms. The number of hydrogen-bond donors (Lipinski definition) is 0. The predicted molar refractivity (Wildman–Crippen MR) is 50.1 cm³/mol. The highest BCUT2D eigenvalue weighted by atomic mass is 16.1. The van der Waals surface area contributed by atoms with Gasteiger partial charge in [0.2, 0.25) is 0 Å². The smallest absolute Gasteiger partial charge is 0.143 e. The Balaban J connectivity index is 2.21. The molecule has 1 fully saturated rings. The van der Waals surface area contributed by atoms with E-state index in [2.05, 4.69) is 11.8 Å². The van der Waals surface area contributed by atoms with E-state index in [-0.39, 0.29) is 0 Å². The van der Waals surface area contributed by atoms with Gasteiger partial charge in [0.05, 0.1) is 6.54 Å². The van der Waals surface area contributed by atoms with E-state index in [4.69, 9.17) is 0 Å². The van der Waals surface area contributed by atoms with Gasteiger partial charge in [0.15, 0.2) is 0 Å². The Morgan fingerprint density at radius 1 is 1.42 bits per heavy atom. The van der Waals surface area contributed by atoms with Crippen LogP contribution >= 0.6 is 0 Å². The summed E-state index contributed by atoms with van der Waals surface area (Å²) >= 11 is 0. The van der Waals surface area contributed by atoms with Crippen LogP contribution in [-0.2, 0) is 4.79 Å². The fourth-order valence-corrected chi connectivity index (χ4v) is 1.87. The maximum atomic E-state index is 10.8. The molecule has 0 aromatic carbocycles. The minimum absolute atomic E-state index is 0.296. The molecule has 2 nitrogen and oxygen atoms in total. The number of rotatable bonds is 3. The van der Waals surface area contributed by atoms with E-state index in [0.717, 1.165) is 19.0 Å². The van der Waals surface area contributed by atoms with Crippen molar-refractivity contribution in [2.45, 2.75) is 33.1 Å². The van der Waals surface area contributed by atoms with Crippen molar-refractivity contribution >= 4 is 5.78 Å². The molecule has 12 heavy (non-hydrogen) atoms. The molecule has 2 heteroatoms. The van der Waals surface area contributed by atoms with E-state index in [9.17, 15) is 4.79 Å². The van der Waals surface area contributed by atoms with Crippen molar-refractivity contribution in [1.82, 2.24) is 4.90 Å². The number of Topliss-reactive ketones (excluding diaryl/α,β-unsaturated/α-hetero) is 1. The molecule has 0 atom stereocenters. The molecule has 0 aromatic heterocycles. The van der Waals surface area contributed by atoms with E-state index in [0.29, 0.717) is 12.3 Å². The summed E-state index contributed by atoms with van der Waals surface area (Å²) in [5.41, 5.74) is 0. The van der Waals surface area contributed by atoms with Gasteiger partial charge in [0.25, 0.3) is 0 Å². The van der Waals surface area contributed by atoms with Crippen molar-refractivity contribution in [2.75, 3.05) is 19.6 Å². The molecule has 70 valence electrons. The van der Waals surface area contributed by atoms with Crippen LogP contribution < -0.4 is 0 Å². The molecular formula is C10H19NO. The lowest BCUT2D eigenvalue weighted by molar-refractivity contribution is -0.118. The van der Waals surface area contributed by atoms with Crippen LogP contribution in [-0.4, -0.2) is 30.3 Å². The quantitative estimate of drug-likeness (QED) is 0.641. The lowest BCUT2D eigenvalue weighted by Crippen LogP contribution is -2.36. The van der Waals surface area contributed by atoms with Crippen molar-refractivity contribution in [3.8, 4) is 0 Å². The Labute approximate surface area is 74.9 Å². The fourth-order valence-electron chi connectivity index (χ4n) is 1.87. The number of nitrogens with zero attached hydrogens (tertiary/aromatic N) is 1. The van der Waals surface area contributed by atoms with Gasteiger partial charge in [-0.2, -0.15) is 0 Å². The first kappa shape index (κ1) is 9.72. The monoisotopic (exact) mass is 169 g/mol. The molecule has 0 amide bonds. The van der Waals surface area contributed by atoms with Gasteiger partial charge in [0, 0.05) is 0 Å². The predicted octanol–water partition coefficient (Wildman–Crippen LogP) is 1.70. The minimum Gasteiger partial charge on any atom is -0.299 e. The first-order valence-electron chi connectivity index (χ1n) is 4.94. The molecule has 1 heterocycles. The van der Waals surface area contributed by atoms with Crippen LogP contribution in [0.3, 0.4) is 0 Å². The highest BCUT2D eigenvalue weighted by molar-refractivity contribution is 5.77. The lowest BCUT2D eigenvalue weighted by atomic mass is 9.94. The first-order valence-corrected chi connectivity index (χ1v) is 4.94. The third-order valence-electron chi connectivity index (χ3n) is 2.73. The van der Waals surface area contributed by atoms with E-state index in [1.54, 1.807) is 6.92 Å². The number of hydrogen-bond acceptors (Lipinski definition) is 2. The summed E-state index contributed by atoms with van der Waals surface area (Å²) < 4.78 is 0. The molecule has 0 unspecified atom stereocenters. The Morgan fingerprint density at radius 2 is 2.00 bits per heavy atom. The van der Waals surface area contributed by atoms with Crippen LogP contribution in [0.15, 0.2) is 0 Å². The summed E-state index contributed by atoms with van der Waals surface area (Å²) in [6.45, 7) is 6.84. The zero-order valence-corrected chi connectivity index (χ0v) is 8.18. The van der Waals surface area contributed by atoms with Crippen molar-refractivity contribution in [1.29, 1.82) is 0 Å². The lowest BCUT2D eigenvalue weighted by Gasteiger charge is -2.30. The zero-order valence-electron chi connectivity index (χ0n) is 8.18. The molecule has 1 aliphatic rings. The van der Waals surface area contributed by atoms with Gasteiger partial charge >= 0.3 is 0 Å². The average molecular weight is 169 g/mol. The largest absolute Gasteiger partial charge is 0.299 e. The second-order valence-electron chi connectivity index (χ2n) is 3.83. The van der Waals surface area contributed by atoms with Crippen molar-refractivity contribution in [2.24, 2.45) is 5.92 Å². The number of likely N-dealkylation sites (tertiary alicyclic amines) is 1. The Kier molecular flexibility index (Phi) is 3.73. The first-order chi connectivity index (χ1) is 5.72. The Hall–Kier alpha value is -0.370. The molecule has 1 rings (SSSR count). The number of ketones is 1. The van der Waals surface area contributed by atoms with Crippen LogP contribution in [0.2, 0.25) is 0 Å². The second-order valence-corrected chi connectivity index (χ2v) is 3.83. The van der Waals surface area contributed by atoms with Gasteiger partial charge in [-0.1, -0.05) is 13.3 Å². The maximum absolute atomic E-state index is 10.8. The van der Waals surface area contributed by atoms with Gasteiger partial charge in [-0.3, -0.25) is 9.69 Å². The molecule has 0 N–H and O–H groups in total. The zero-order chi connectivity index (χ0) is 8.97. The van der Waals surface area contributed by atoms with Crippen LogP contribution in [0.1, 0.15) is 33.1 Å². The second kappa shape index (κ2) is 4.61. The SMILES string of the molecule is CCC1CCN(CC(C)=O)CC1. The normalized spacial score (nSPS) is 21.2. The van der Waals surface area contributed by atoms with Crippen molar-refractivity contribution in [3.63, 3.8) is 0 Å². The molecular weight excluding hydrogens is 150 g/mol.